The van der Waals surface area contributed by atoms with Gasteiger partial charge >= 0.3 is 0 Å². The van der Waals surface area contributed by atoms with E-state index in [2.05, 4.69) is 0 Å². The van der Waals surface area contributed by atoms with Gasteiger partial charge in [-0.3, -0.25) is 4.79 Å². The zero-order valence-electron chi connectivity index (χ0n) is 12.5. The fourth-order valence-corrected chi connectivity index (χ4v) is 1.68. The van der Waals surface area contributed by atoms with Crippen LogP contribution >= 0.6 is 0 Å². The van der Waals surface area contributed by atoms with Crippen LogP contribution in [0.1, 0.15) is 0 Å². The van der Waals surface area contributed by atoms with E-state index in [0.717, 1.165) is 0 Å². The zero-order valence-corrected chi connectivity index (χ0v) is 12.5. The molecule has 8 atom stereocenters. The lowest BCUT2D eigenvalue weighted by Gasteiger charge is -2.29. The number of hydrogen-bond donors (Lipinski definition) is 10. The van der Waals surface area contributed by atoms with Crippen LogP contribution in [0.5, 0.6) is 0 Å². The number of rotatable bonds is 11. The van der Waals surface area contributed by atoms with Crippen molar-refractivity contribution in [3.05, 3.63) is 0 Å². The largest absolute Gasteiger partial charge is 0.394 e. The number of aliphatic hydroxyl groups excluding tert-OH is 9. The third kappa shape index (κ3) is 6.01. The van der Waals surface area contributed by atoms with E-state index in [9.17, 15) is 40.2 Å². The first-order chi connectivity index (χ1) is 11.1. The minimum absolute atomic E-state index is 0.0337. The van der Waals surface area contributed by atoms with Crippen molar-refractivity contribution in [3.8, 4) is 0 Å². The molecule has 0 heterocycles. The van der Waals surface area contributed by atoms with Gasteiger partial charge in [0.25, 0.3) is 5.91 Å². The number of aldehydes is 1. The number of hydrogen-bond acceptors (Lipinski definition) is 11. The summed E-state index contributed by atoms with van der Waals surface area (Å²) in [7, 11) is 0. The van der Waals surface area contributed by atoms with Crippen molar-refractivity contribution in [2.24, 2.45) is 0 Å². The SMILES string of the molecule is O=C[C@@H](NC(=O)[C@H](O)[C@H](O)[C@H](O)[C@H](O)CO)[C@@H](O)[C@H](O)[C@H](O)CO. The lowest BCUT2D eigenvalue weighted by Crippen LogP contribution is -2.58. The molecule has 0 saturated carbocycles. The van der Waals surface area contributed by atoms with Crippen molar-refractivity contribution < 1.29 is 55.5 Å². The maximum absolute atomic E-state index is 11.7. The first-order valence-electron chi connectivity index (χ1n) is 6.86. The van der Waals surface area contributed by atoms with Gasteiger partial charge in [-0.1, -0.05) is 0 Å². The average Bonchev–Trinajstić information content (AvgIpc) is 2.60. The molecular weight excluding hydrogens is 334 g/mol. The maximum atomic E-state index is 11.7. The normalized spacial score (nSPS) is 21.7. The topological polar surface area (TPSA) is 228 Å². The Kier molecular flexibility index (Phi) is 10.1. The Morgan fingerprint density at radius 1 is 0.792 bits per heavy atom. The Morgan fingerprint density at radius 3 is 1.58 bits per heavy atom. The highest BCUT2D eigenvalue weighted by atomic mass is 16.4. The van der Waals surface area contributed by atoms with E-state index in [4.69, 9.17) is 15.3 Å². The van der Waals surface area contributed by atoms with Gasteiger partial charge in [0.2, 0.25) is 0 Å². The van der Waals surface area contributed by atoms with Crippen molar-refractivity contribution >= 4 is 12.2 Å². The van der Waals surface area contributed by atoms with Gasteiger partial charge in [-0.25, -0.2) is 0 Å². The lowest BCUT2D eigenvalue weighted by molar-refractivity contribution is -0.152. The van der Waals surface area contributed by atoms with Crippen LogP contribution in [0.15, 0.2) is 0 Å². The summed E-state index contributed by atoms with van der Waals surface area (Å²) in [6.45, 7) is -1.90. The number of carbonyl (C=O) groups excluding carboxylic acids is 2. The Bertz CT molecular complexity index is 395. The van der Waals surface area contributed by atoms with Crippen molar-refractivity contribution in [2.45, 2.75) is 48.8 Å². The Labute approximate surface area is 136 Å². The molecule has 10 N–H and O–H groups in total. The standard InChI is InChI=1S/C12H23NO11/c14-1-4(7(19)8(20)5(17)2-15)13-12(24)11(23)10(22)9(21)6(18)3-16/h1,4-11,15-23H,2-3H2,(H,13,24)/t4-,5-,6-,7-,8-,9-,10-,11-/m1/s1. The molecule has 142 valence electrons. The molecule has 12 nitrogen and oxygen atoms in total. The second-order valence-corrected chi connectivity index (χ2v) is 5.08. The highest BCUT2D eigenvalue weighted by molar-refractivity contribution is 5.84. The van der Waals surface area contributed by atoms with Crippen LogP contribution in [0.4, 0.5) is 0 Å². The van der Waals surface area contributed by atoms with Crippen LogP contribution in [-0.4, -0.2) is 120 Å². The second-order valence-electron chi connectivity index (χ2n) is 5.08. The molecule has 0 aromatic rings. The fourth-order valence-electron chi connectivity index (χ4n) is 1.68. The monoisotopic (exact) mass is 357 g/mol. The van der Waals surface area contributed by atoms with Gasteiger partial charge in [0.05, 0.1) is 13.2 Å². The molecule has 0 radical (unpaired) electrons. The fraction of sp³-hybridized carbons (Fsp3) is 0.833. The molecule has 12 heteroatoms. The van der Waals surface area contributed by atoms with Gasteiger partial charge in [0.15, 0.2) is 6.10 Å². The number of carbonyl (C=O) groups is 2. The molecule has 0 aliphatic rings. The molecule has 0 bridgehead atoms. The van der Waals surface area contributed by atoms with E-state index in [1.54, 1.807) is 5.32 Å². The third-order valence-corrected chi connectivity index (χ3v) is 3.28. The van der Waals surface area contributed by atoms with E-state index in [-0.39, 0.29) is 6.29 Å². The summed E-state index contributed by atoms with van der Waals surface area (Å²) in [4.78, 5) is 22.6. The van der Waals surface area contributed by atoms with Crippen molar-refractivity contribution in [3.63, 3.8) is 0 Å². The van der Waals surface area contributed by atoms with Gasteiger partial charge < -0.3 is 56.1 Å². The summed E-state index contributed by atoms with van der Waals surface area (Å²) in [5.41, 5.74) is 0. The molecule has 0 aromatic carbocycles. The molecule has 1 amide bonds. The summed E-state index contributed by atoms with van der Waals surface area (Å²) >= 11 is 0. The summed E-state index contributed by atoms with van der Waals surface area (Å²) in [5, 5.41) is 84.9. The van der Waals surface area contributed by atoms with Crippen LogP contribution in [-0.2, 0) is 9.59 Å². The number of amides is 1. The molecule has 0 unspecified atom stereocenters. The maximum Gasteiger partial charge on any atom is 0.252 e. The molecule has 0 saturated heterocycles. The molecular formula is C12H23NO11. The highest BCUT2D eigenvalue weighted by Gasteiger charge is 2.37. The number of nitrogens with one attached hydrogen (secondary N) is 1. The van der Waals surface area contributed by atoms with Gasteiger partial charge in [-0.15, -0.1) is 0 Å². The van der Waals surface area contributed by atoms with E-state index in [0.29, 0.717) is 0 Å². The second kappa shape index (κ2) is 10.6. The zero-order chi connectivity index (χ0) is 19.0. The lowest BCUT2D eigenvalue weighted by atomic mass is 10.00. The summed E-state index contributed by atoms with van der Waals surface area (Å²) in [6, 6.07) is -1.82. The van der Waals surface area contributed by atoms with Crippen LogP contribution in [0.3, 0.4) is 0 Å². The van der Waals surface area contributed by atoms with Crippen molar-refractivity contribution in [1.82, 2.24) is 5.32 Å². The van der Waals surface area contributed by atoms with E-state index in [1.165, 1.54) is 0 Å². The predicted octanol–water partition coefficient (Wildman–Crippen LogP) is -6.82. The molecule has 24 heavy (non-hydrogen) atoms. The van der Waals surface area contributed by atoms with Crippen LogP contribution < -0.4 is 5.32 Å². The molecule has 0 aromatic heterocycles. The van der Waals surface area contributed by atoms with Gasteiger partial charge in [0, 0.05) is 0 Å². The summed E-state index contributed by atoms with van der Waals surface area (Å²) in [6.07, 6.45) is -14.4. The smallest absolute Gasteiger partial charge is 0.252 e. The Balaban J connectivity index is 4.89. The number of aliphatic hydroxyl groups is 9. The quantitative estimate of drug-likeness (QED) is 0.156. The molecule has 0 aliphatic carbocycles. The molecule has 0 aliphatic heterocycles. The van der Waals surface area contributed by atoms with Crippen molar-refractivity contribution in [2.75, 3.05) is 13.2 Å². The third-order valence-electron chi connectivity index (χ3n) is 3.28. The van der Waals surface area contributed by atoms with Crippen LogP contribution in [0.2, 0.25) is 0 Å². The highest BCUT2D eigenvalue weighted by Crippen LogP contribution is 2.08. The predicted molar refractivity (Wildman–Crippen MR) is 74.2 cm³/mol. The molecule has 0 rings (SSSR count). The van der Waals surface area contributed by atoms with E-state index >= 15 is 0 Å². The summed E-state index contributed by atoms with van der Waals surface area (Å²) < 4.78 is 0. The molecule has 0 spiro atoms. The Hall–Kier alpha value is -1.22. The minimum atomic E-state index is -2.35. The Morgan fingerprint density at radius 2 is 1.21 bits per heavy atom. The average molecular weight is 357 g/mol. The van der Waals surface area contributed by atoms with Crippen LogP contribution in [0, 0.1) is 0 Å². The molecule has 0 fully saturated rings. The minimum Gasteiger partial charge on any atom is -0.394 e. The van der Waals surface area contributed by atoms with Crippen LogP contribution in [0.25, 0.3) is 0 Å². The van der Waals surface area contributed by atoms with Gasteiger partial charge in [-0.2, -0.15) is 0 Å². The van der Waals surface area contributed by atoms with E-state index in [1.807, 2.05) is 0 Å². The van der Waals surface area contributed by atoms with E-state index < -0.39 is 67.9 Å². The van der Waals surface area contributed by atoms with Crippen molar-refractivity contribution in [1.29, 1.82) is 0 Å². The summed E-state index contributed by atoms with van der Waals surface area (Å²) in [5.74, 6) is -1.45. The van der Waals surface area contributed by atoms with Gasteiger partial charge in [0.1, 0.15) is 49.0 Å². The first-order valence-corrected chi connectivity index (χ1v) is 6.86. The van der Waals surface area contributed by atoms with Gasteiger partial charge in [-0.05, 0) is 0 Å². The first kappa shape index (κ1) is 22.8.